The molecular formula is C17H20N6O3. The van der Waals surface area contributed by atoms with E-state index in [4.69, 9.17) is 15.2 Å². The number of nitrogen functional groups attached to an aromatic ring is 1. The number of pyridine rings is 1. The molecule has 0 radical (unpaired) electrons. The summed E-state index contributed by atoms with van der Waals surface area (Å²) < 4.78 is 12.0. The number of hydrogen-bond acceptors (Lipinski definition) is 7. The number of carbonyl (C=O) groups excluding carboxylic acids is 1. The summed E-state index contributed by atoms with van der Waals surface area (Å²) >= 11 is 0. The van der Waals surface area contributed by atoms with Crippen molar-refractivity contribution in [2.45, 2.75) is 13.3 Å². The van der Waals surface area contributed by atoms with Crippen LogP contribution in [0.4, 0.5) is 5.82 Å². The van der Waals surface area contributed by atoms with Crippen LogP contribution in [0.25, 0.3) is 16.8 Å². The Kier molecular flexibility index (Phi) is 4.87. The average molecular weight is 356 g/mol. The molecule has 0 unspecified atom stereocenters. The molecule has 0 aliphatic heterocycles. The highest BCUT2D eigenvalue weighted by Gasteiger charge is 2.20. The standard InChI is InChI=1S/C17H20N6O3/c1-4-7-19-15(24)12-13(18)23-8-5-6-10(14(23)21-12)11-9-20-17(26-3)22-16(11)25-2/h5-6,8-9H,4,7,18H2,1-3H3,(H,19,24). The number of hydrogen-bond donors (Lipinski definition) is 2. The van der Waals surface area contributed by atoms with Crippen molar-refractivity contribution in [3.8, 4) is 23.0 Å². The molecule has 0 atom stereocenters. The van der Waals surface area contributed by atoms with Crippen molar-refractivity contribution in [3.63, 3.8) is 0 Å². The Labute approximate surface area is 150 Å². The van der Waals surface area contributed by atoms with E-state index in [9.17, 15) is 4.79 Å². The zero-order valence-electron chi connectivity index (χ0n) is 14.8. The first kappa shape index (κ1) is 17.5. The van der Waals surface area contributed by atoms with Gasteiger partial charge in [0.25, 0.3) is 5.91 Å². The Hall–Kier alpha value is -3.36. The van der Waals surface area contributed by atoms with Crippen molar-refractivity contribution in [2.24, 2.45) is 0 Å². The Balaban J connectivity index is 2.15. The van der Waals surface area contributed by atoms with E-state index >= 15 is 0 Å². The number of nitrogens with zero attached hydrogens (tertiary/aromatic N) is 4. The third-order valence-corrected chi connectivity index (χ3v) is 3.84. The summed E-state index contributed by atoms with van der Waals surface area (Å²) in [5.41, 5.74) is 8.13. The van der Waals surface area contributed by atoms with Gasteiger partial charge in [0.15, 0.2) is 5.69 Å². The van der Waals surface area contributed by atoms with Crippen LogP contribution in [0.1, 0.15) is 23.8 Å². The number of ether oxygens (including phenoxy) is 2. The van der Waals surface area contributed by atoms with Crippen LogP contribution in [0, 0.1) is 0 Å². The highest BCUT2D eigenvalue weighted by molar-refractivity contribution is 5.98. The number of nitrogens with one attached hydrogen (secondary N) is 1. The Morgan fingerprint density at radius 1 is 1.27 bits per heavy atom. The first-order chi connectivity index (χ1) is 12.6. The summed E-state index contributed by atoms with van der Waals surface area (Å²) in [6.07, 6.45) is 4.15. The lowest BCUT2D eigenvalue weighted by Crippen LogP contribution is -2.25. The number of aromatic nitrogens is 4. The minimum Gasteiger partial charge on any atom is -0.480 e. The number of anilines is 1. The molecule has 0 saturated carbocycles. The maximum Gasteiger partial charge on any atom is 0.319 e. The molecule has 3 aromatic heterocycles. The molecule has 3 aromatic rings. The minimum absolute atomic E-state index is 0.180. The summed E-state index contributed by atoms with van der Waals surface area (Å²) in [7, 11) is 2.99. The number of fused-ring (bicyclic) bond motifs is 1. The largest absolute Gasteiger partial charge is 0.480 e. The van der Waals surface area contributed by atoms with Crippen LogP contribution in [-0.2, 0) is 0 Å². The van der Waals surface area contributed by atoms with Crippen LogP contribution in [0.5, 0.6) is 11.9 Å². The smallest absolute Gasteiger partial charge is 0.319 e. The summed E-state index contributed by atoms with van der Waals surface area (Å²) in [5, 5.41) is 2.79. The van der Waals surface area contributed by atoms with Crippen LogP contribution >= 0.6 is 0 Å². The monoisotopic (exact) mass is 356 g/mol. The van der Waals surface area contributed by atoms with Gasteiger partial charge in [0.05, 0.1) is 19.8 Å². The number of imidazole rings is 1. The predicted octanol–water partition coefficient (Wildman–Crippen LogP) is 1.53. The van der Waals surface area contributed by atoms with Gasteiger partial charge in [-0.05, 0) is 18.6 Å². The van der Waals surface area contributed by atoms with E-state index in [-0.39, 0.29) is 23.4 Å². The number of methoxy groups -OCH3 is 2. The first-order valence-electron chi connectivity index (χ1n) is 8.10. The van der Waals surface area contributed by atoms with Gasteiger partial charge in [0.1, 0.15) is 11.5 Å². The van der Waals surface area contributed by atoms with Gasteiger partial charge in [-0.1, -0.05) is 6.92 Å². The number of amides is 1. The number of nitrogens with two attached hydrogens (primary N) is 1. The fraction of sp³-hybridized carbons (Fsp3) is 0.294. The molecule has 0 aromatic carbocycles. The van der Waals surface area contributed by atoms with Crippen molar-refractivity contribution >= 4 is 17.4 Å². The van der Waals surface area contributed by atoms with E-state index in [0.29, 0.717) is 29.2 Å². The van der Waals surface area contributed by atoms with Gasteiger partial charge in [0, 0.05) is 24.5 Å². The lowest BCUT2D eigenvalue weighted by molar-refractivity contribution is 0.0950. The molecule has 0 spiro atoms. The van der Waals surface area contributed by atoms with Crippen LogP contribution in [0.2, 0.25) is 0 Å². The van der Waals surface area contributed by atoms with E-state index in [1.807, 2.05) is 13.0 Å². The zero-order chi connectivity index (χ0) is 18.7. The van der Waals surface area contributed by atoms with E-state index in [1.165, 1.54) is 14.2 Å². The molecule has 3 rings (SSSR count). The summed E-state index contributed by atoms with van der Waals surface area (Å²) in [4.78, 5) is 25.1. The molecule has 0 fully saturated rings. The van der Waals surface area contributed by atoms with Crippen molar-refractivity contribution in [2.75, 3.05) is 26.5 Å². The van der Waals surface area contributed by atoms with Crippen LogP contribution in [0.15, 0.2) is 24.5 Å². The third kappa shape index (κ3) is 2.99. The molecule has 1 amide bonds. The SMILES string of the molecule is CCCNC(=O)c1nc2c(-c3cnc(OC)nc3OC)cccn2c1N. The van der Waals surface area contributed by atoms with Gasteiger partial charge in [-0.25, -0.2) is 9.97 Å². The molecule has 0 bridgehead atoms. The molecular weight excluding hydrogens is 336 g/mol. The maximum atomic E-state index is 12.3. The number of carbonyl (C=O) groups is 1. The molecule has 0 aliphatic rings. The summed E-state index contributed by atoms with van der Waals surface area (Å²) in [6, 6.07) is 3.83. The van der Waals surface area contributed by atoms with Gasteiger partial charge < -0.3 is 20.5 Å². The van der Waals surface area contributed by atoms with E-state index in [2.05, 4.69) is 20.3 Å². The van der Waals surface area contributed by atoms with Crippen molar-refractivity contribution in [1.82, 2.24) is 24.7 Å². The molecule has 3 heterocycles. The van der Waals surface area contributed by atoms with Crippen molar-refractivity contribution in [1.29, 1.82) is 0 Å². The molecule has 9 nitrogen and oxygen atoms in total. The Morgan fingerprint density at radius 2 is 2.08 bits per heavy atom. The highest BCUT2D eigenvalue weighted by Crippen LogP contribution is 2.32. The van der Waals surface area contributed by atoms with Crippen LogP contribution in [0.3, 0.4) is 0 Å². The van der Waals surface area contributed by atoms with Gasteiger partial charge in [0.2, 0.25) is 5.88 Å². The van der Waals surface area contributed by atoms with E-state index in [1.54, 1.807) is 22.9 Å². The van der Waals surface area contributed by atoms with Crippen molar-refractivity contribution < 1.29 is 14.3 Å². The molecule has 0 saturated heterocycles. The first-order valence-corrected chi connectivity index (χ1v) is 8.10. The van der Waals surface area contributed by atoms with Crippen LogP contribution < -0.4 is 20.5 Å². The van der Waals surface area contributed by atoms with E-state index in [0.717, 1.165) is 6.42 Å². The molecule has 136 valence electrons. The topological polar surface area (TPSA) is 117 Å². The minimum atomic E-state index is -0.308. The number of rotatable bonds is 6. The van der Waals surface area contributed by atoms with Crippen molar-refractivity contribution in [3.05, 3.63) is 30.2 Å². The highest BCUT2D eigenvalue weighted by atomic mass is 16.5. The predicted molar refractivity (Wildman–Crippen MR) is 96.4 cm³/mol. The lowest BCUT2D eigenvalue weighted by atomic mass is 10.1. The van der Waals surface area contributed by atoms with E-state index < -0.39 is 0 Å². The zero-order valence-corrected chi connectivity index (χ0v) is 14.8. The molecule has 9 heteroatoms. The molecule has 3 N–H and O–H groups in total. The quantitative estimate of drug-likeness (QED) is 0.688. The second kappa shape index (κ2) is 7.26. The summed E-state index contributed by atoms with van der Waals surface area (Å²) in [6.45, 7) is 2.53. The fourth-order valence-electron chi connectivity index (χ4n) is 2.58. The Bertz CT molecular complexity index is 953. The van der Waals surface area contributed by atoms with Gasteiger partial charge in [-0.15, -0.1) is 0 Å². The lowest BCUT2D eigenvalue weighted by Gasteiger charge is -2.09. The normalized spacial score (nSPS) is 10.7. The van der Waals surface area contributed by atoms with Gasteiger partial charge in [-0.3, -0.25) is 9.20 Å². The maximum absolute atomic E-state index is 12.3. The third-order valence-electron chi connectivity index (χ3n) is 3.84. The second-order valence-corrected chi connectivity index (χ2v) is 5.50. The summed E-state index contributed by atoms with van der Waals surface area (Å²) in [5.74, 6) is 0.296. The fourth-order valence-corrected chi connectivity index (χ4v) is 2.58. The van der Waals surface area contributed by atoms with Gasteiger partial charge in [-0.2, -0.15) is 4.98 Å². The molecule has 0 aliphatic carbocycles. The average Bonchev–Trinajstić information content (AvgIpc) is 3.02. The van der Waals surface area contributed by atoms with Gasteiger partial charge >= 0.3 is 6.01 Å². The second-order valence-electron chi connectivity index (χ2n) is 5.50. The Morgan fingerprint density at radius 3 is 2.77 bits per heavy atom. The van der Waals surface area contributed by atoms with Crippen LogP contribution in [-0.4, -0.2) is 46.0 Å². The molecule has 26 heavy (non-hydrogen) atoms.